The zero-order chi connectivity index (χ0) is 18.4. The molecule has 1 aromatic heterocycles. The molecule has 1 saturated carbocycles. The first-order chi connectivity index (χ1) is 12.6. The summed E-state index contributed by atoms with van der Waals surface area (Å²) in [7, 11) is 0. The number of hydrogen-bond acceptors (Lipinski definition) is 4. The number of benzene rings is 1. The summed E-state index contributed by atoms with van der Waals surface area (Å²) in [5, 5.41) is 3.13. The number of rotatable bonds is 6. The summed E-state index contributed by atoms with van der Waals surface area (Å²) in [6.07, 6.45) is 5.66. The van der Waals surface area contributed by atoms with Crippen molar-refractivity contribution in [3.63, 3.8) is 0 Å². The Kier molecular flexibility index (Phi) is 6.10. The summed E-state index contributed by atoms with van der Waals surface area (Å²) < 4.78 is 11.4. The van der Waals surface area contributed by atoms with E-state index in [1.54, 1.807) is 12.1 Å². The molecule has 0 bridgehead atoms. The molecule has 0 saturated heterocycles. The van der Waals surface area contributed by atoms with Gasteiger partial charge >= 0.3 is 0 Å². The van der Waals surface area contributed by atoms with Gasteiger partial charge in [0, 0.05) is 23.9 Å². The second kappa shape index (κ2) is 8.70. The van der Waals surface area contributed by atoms with E-state index in [0.717, 1.165) is 37.0 Å². The summed E-state index contributed by atoms with van der Waals surface area (Å²) in [6, 6.07) is 11.4. The van der Waals surface area contributed by atoms with Crippen molar-refractivity contribution in [2.24, 2.45) is 0 Å². The third kappa shape index (κ3) is 4.97. The van der Waals surface area contributed by atoms with Gasteiger partial charge in [-0.1, -0.05) is 6.07 Å². The van der Waals surface area contributed by atoms with E-state index in [-0.39, 0.29) is 18.1 Å². The quantitative estimate of drug-likeness (QED) is 0.854. The fourth-order valence-corrected chi connectivity index (χ4v) is 3.16. The van der Waals surface area contributed by atoms with E-state index in [9.17, 15) is 4.79 Å². The number of amides is 1. The number of pyridine rings is 1. The Bertz CT molecular complexity index is 705. The van der Waals surface area contributed by atoms with Gasteiger partial charge in [0.15, 0.2) is 0 Å². The average Bonchev–Trinajstić information content (AvgIpc) is 2.66. The number of nitrogens with zero attached hydrogens (tertiary/aromatic N) is 1. The average molecular weight is 354 g/mol. The van der Waals surface area contributed by atoms with Gasteiger partial charge in [0.2, 0.25) is 5.88 Å². The van der Waals surface area contributed by atoms with Crippen LogP contribution in [0.4, 0.5) is 0 Å². The molecule has 1 heterocycles. The van der Waals surface area contributed by atoms with Crippen molar-refractivity contribution in [2.45, 2.75) is 51.7 Å². The highest BCUT2D eigenvalue weighted by Gasteiger charge is 2.24. The molecule has 1 amide bonds. The van der Waals surface area contributed by atoms with Crippen molar-refractivity contribution in [2.75, 3.05) is 6.61 Å². The standard InChI is InChI=1S/C21H26N2O3/c1-3-25-18-9-5-16(6-10-18)21(24)23-17-7-11-19(12-8-17)26-20-13-4-15(2)14-22-20/h4-6,9-10,13-14,17,19H,3,7-8,11-12H2,1-2H3,(H,23,24). The predicted octanol–water partition coefficient (Wildman–Crippen LogP) is 3.91. The maximum absolute atomic E-state index is 12.4. The number of carbonyl (C=O) groups is 1. The van der Waals surface area contributed by atoms with Crippen LogP contribution in [0.1, 0.15) is 48.5 Å². The van der Waals surface area contributed by atoms with Crippen LogP contribution in [0.25, 0.3) is 0 Å². The summed E-state index contributed by atoms with van der Waals surface area (Å²) in [5.41, 5.74) is 1.79. The molecule has 2 aromatic rings. The van der Waals surface area contributed by atoms with Gasteiger partial charge in [-0.05, 0) is 69.4 Å². The van der Waals surface area contributed by atoms with Crippen LogP contribution < -0.4 is 14.8 Å². The molecule has 138 valence electrons. The highest BCUT2D eigenvalue weighted by Crippen LogP contribution is 2.23. The molecule has 26 heavy (non-hydrogen) atoms. The molecule has 0 radical (unpaired) electrons. The Morgan fingerprint density at radius 2 is 1.85 bits per heavy atom. The maximum Gasteiger partial charge on any atom is 0.251 e. The van der Waals surface area contributed by atoms with Crippen LogP contribution >= 0.6 is 0 Å². The predicted molar refractivity (Wildman–Crippen MR) is 101 cm³/mol. The first-order valence-corrected chi connectivity index (χ1v) is 9.27. The van der Waals surface area contributed by atoms with Gasteiger partial charge in [-0.2, -0.15) is 0 Å². The van der Waals surface area contributed by atoms with Gasteiger partial charge in [-0.25, -0.2) is 4.98 Å². The number of aromatic nitrogens is 1. The second-order valence-corrected chi connectivity index (χ2v) is 6.70. The molecule has 3 rings (SSSR count). The number of nitrogens with one attached hydrogen (secondary N) is 1. The molecule has 1 fully saturated rings. The van der Waals surface area contributed by atoms with E-state index in [0.29, 0.717) is 18.1 Å². The van der Waals surface area contributed by atoms with E-state index >= 15 is 0 Å². The van der Waals surface area contributed by atoms with E-state index in [4.69, 9.17) is 9.47 Å². The molecule has 5 nitrogen and oxygen atoms in total. The lowest BCUT2D eigenvalue weighted by Crippen LogP contribution is -2.39. The fraction of sp³-hybridized carbons (Fsp3) is 0.429. The molecular formula is C21H26N2O3. The van der Waals surface area contributed by atoms with Crippen LogP contribution in [0.5, 0.6) is 11.6 Å². The molecule has 1 aliphatic carbocycles. The number of ether oxygens (including phenoxy) is 2. The van der Waals surface area contributed by atoms with Crippen molar-refractivity contribution in [1.82, 2.24) is 10.3 Å². The number of aryl methyl sites for hydroxylation is 1. The van der Waals surface area contributed by atoms with Crippen LogP contribution in [0.3, 0.4) is 0 Å². The zero-order valence-electron chi connectivity index (χ0n) is 15.4. The normalized spacial score (nSPS) is 19.6. The lowest BCUT2D eigenvalue weighted by Gasteiger charge is -2.29. The van der Waals surface area contributed by atoms with Crippen LogP contribution in [0.2, 0.25) is 0 Å². The highest BCUT2D eigenvalue weighted by atomic mass is 16.5. The van der Waals surface area contributed by atoms with E-state index < -0.39 is 0 Å². The molecule has 0 unspecified atom stereocenters. The summed E-state index contributed by atoms with van der Waals surface area (Å²) >= 11 is 0. The third-order valence-electron chi connectivity index (χ3n) is 4.61. The minimum Gasteiger partial charge on any atom is -0.494 e. The molecule has 0 aliphatic heterocycles. The Labute approximate surface area is 154 Å². The number of hydrogen-bond donors (Lipinski definition) is 1. The van der Waals surface area contributed by atoms with Gasteiger partial charge in [-0.3, -0.25) is 4.79 Å². The van der Waals surface area contributed by atoms with E-state index in [1.807, 2.05) is 44.3 Å². The van der Waals surface area contributed by atoms with Crippen molar-refractivity contribution < 1.29 is 14.3 Å². The number of carbonyl (C=O) groups excluding carboxylic acids is 1. The lowest BCUT2D eigenvalue weighted by atomic mass is 9.92. The van der Waals surface area contributed by atoms with Crippen LogP contribution in [-0.4, -0.2) is 29.6 Å². The second-order valence-electron chi connectivity index (χ2n) is 6.70. The fourth-order valence-electron chi connectivity index (χ4n) is 3.16. The molecule has 1 aromatic carbocycles. The SMILES string of the molecule is CCOc1ccc(C(=O)NC2CCC(Oc3ccc(C)cn3)CC2)cc1. The molecule has 1 aliphatic rings. The Morgan fingerprint density at radius 3 is 2.46 bits per heavy atom. The Balaban J connectivity index is 1.45. The summed E-state index contributed by atoms with van der Waals surface area (Å²) in [4.78, 5) is 16.7. The summed E-state index contributed by atoms with van der Waals surface area (Å²) in [6.45, 7) is 4.57. The summed E-state index contributed by atoms with van der Waals surface area (Å²) in [5.74, 6) is 1.43. The Morgan fingerprint density at radius 1 is 1.12 bits per heavy atom. The van der Waals surface area contributed by atoms with Crippen LogP contribution in [-0.2, 0) is 0 Å². The van der Waals surface area contributed by atoms with Crippen molar-refractivity contribution in [1.29, 1.82) is 0 Å². The van der Waals surface area contributed by atoms with Gasteiger partial charge in [0.05, 0.1) is 6.61 Å². The van der Waals surface area contributed by atoms with Gasteiger partial charge < -0.3 is 14.8 Å². The lowest BCUT2D eigenvalue weighted by molar-refractivity contribution is 0.0890. The van der Waals surface area contributed by atoms with Crippen LogP contribution in [0.15, 0.2) is 42.6 Å². The van der Waals surface area contributed by atoms with Gasteiger partial charge in [0.1, 0.15) is 11.9 Å². The topological polar surface area (TPSA) is 60.5 Å². The first kappa shape index (κ1) is 18.2. The molecular weight excluding hydrogens is 328 g/mol. The third-order valence-corrected chi connectivity index (χ3v) is 4.61. The van der Waals surface area contributed by atoms with Gasteiger partial charge in [0.25, 0.3) is 5.91 Å². The minimum absolute atomic E-state index is 0.0300. The molecule has 0 atom stereocenters. The monoisotopic (exact) mass is 354 g/mol. The smallest absolute Gasteiger partial charge is 0.251 e. The maximum atomic E-state index is 12.4. The van der Waals surface area contributed by atoms with Crippen molar-refractivity contribution >= 4 is 5.91 Å². The van der Waals surface area contributed by atoms with Gasteiger partial charge in [-0.15, -0.1) is 0 Å². The van der Waals surface area contributed by atoms with Crippen LogP contribution in [0, 0.1) is 6.92 Å². The van der Waals surface area contributed by atoms with E-state index in [1.165, 1.54) is 0 Å². The van der Waals surface area contributed by atoms with Crippen molar-refractivity contribution in [3.05, 3.63) is 53.7 Å². The minimum atomic E-state index is -0.0300. The van der Waals surface area contributed by atoms with E-state index in [2.05, 4.69) is 10.3 Å². The Hall–Kier alpha value is -2.56. The molecule has 1 N–H and O–H groups in total. The zero-order valence-corrected chi connectivity index (χ0v) is 15.4. The molecule has 0 spiro atoms. The van der Waals surface area contributed by atoms with Crippen molar-refractivity contribution in [3.8, 4) is 11.6 Å². The molecule has 5 heteroatoms. The first-order valence-electron chi connectivity index (χ1n) is 9.27. The highest BCUT2D eigenvalue weighted by molar-refractivity contribution is 5.94. The largest absolute Gasteiger partial charge is 0.494 e.